The molecular weight excluding hydrogens is 549 g/mol. The van der Waals surface area contributed by atoms with Gasteiger partial charge in [0.05, 0.1) is 24.3 Å². The van der Waals surface area contributed by atoms with Crippen LogP contribution in [-0.2, 0) is 15.7 Å². The van der Waals surface area contributed by atoms with Crippen LogP contribution >= 0.6 is 0 Å². The summed E-state index contributed by atoms with van der Waals surface area (Å²) in [4.78, 5) is 37.7. The minimum atomic E-state index is -4.61. The molecule has 1 aliphatic rings. The number of halogens is 3. The maximum Gasteiger partial charge on any atom is 0.416 e. The van der Waals surface area contributed by atoms with Crippen molar-refractivity contribution in [2.75, 3.05) is 23.8 Å². The maximum absolute atomic E-state index is 13.5. The van der Waals surface area contributed by atoms with E-state index in [-0.39, 0.29) is 28.8 Å². The standard InChI is InChI=1S/C30H25F3N6O3/c1-19-2-3-22(29(41)37-25-13-23(30(31,32)33)14-26(15-25)39-9-8-34-18-39)12-21(19)4-5-24-16-36-27(17-35-24)38-28(40)20-6-10-42-11-7-20/h2-3,8-9,12-18,20H,6-7,10-11H2,1H3,(H,37,41)(H,36,38,40). The molecular formula is C30H25F3N6O3. The van der Waals surface area contributed by atoms with Crippen molar-refractivity contribution < 1.29 is 27.5 Å². The zero-order valence-electron chi connectivity index (χ0n) is 22.4. The van der Waals surface area contributed by atoms with Gasteiger partial charge in [-0.2, -0.15) is 13.2 Å². The van der Waals surface area contributed by atoms with Gasteiger partial charge in [0.15, 0.2) is 5.82 Å². The molecule has 5 rings (SSSR count). The summed E-state index contributed by atoms with van der Waals surface area (Å²) in [5, 5.41) is 5.31. The molecule has 2 N–H and O–H groups in total. The molecule has 0 saturated carbocycles. The highest BCUT2D eigenvalue weighted by atomic mass is 19.4. The van der Waals surface area contributed by atoms with Crippen LogP contribution in [0.2, 0.25) is 0 Å². The maximum atomic E-state index is 13.5. The Morgan fingerprint density at radius 1 is 1.02 bits per heavy atom. The molecule has 0 bridgehead atoms. The minimum Gasteiger partial charge on any atom is -0.381 e. The quantitative estimate of drug-likeness (QED) is 0.325. The number of aryl methyl sites for hydroxylation is 1. The van der Waals surface area contributed by atoms with Crippen molar-refractivity contribution in [1.82, 2.24) is 19.5 Å². The van der Waals surface area contributed by atoms with Crippen molar-refractivity contribution in [3.8, 4) is 17.5 Å². The van der Waals surface area contributed by atoms with Crippen molar-refractivity contribution in [2.24, 2.45) is 5.92 Å². The van der Waals surface area contributed by atoms with Crippen molar-refractivity contribution >= 4 is 23.3 Å². The highest BCUT2D eigenvalue weighted by Gasteiger charge is 2.31. The molecule has 0 aliphatic carbocycles. The van der Waals surface area contributed by atoms with Crippen LogP contribution in [0.4, 0.5) is 24.7 Å². The molecule has 12 heteroatoms. The summed E-state index contributed by atoms with van der Waals surface area (Å²) in [6, 6.07) is 8.10. The van der Waals surface area contributed by atoms with Gasteiger partial charge in [0.2, 0.25) is 5.91 Å². The fourth-order valence-corrected chi connectivity index (χ4v) is 4.29. The highest BCUT2D eigenvalue weighted by Crippen LogP contribution is 2.33. The van der Waals surface area contributed by atoms with Crippen LogP contribution < -0.4 is 10.6 Å². The molecule has 9 nitrogen and oxygen atoms in total. The number of benzene rings is 2. The fraction of sp³-hybridized carbons (Fsp3) is 0.233. The van der Waals surface area contributed by atoms with Crippen LogP contribution in [-0.4, -0.2) is 44.5 Å². The van der Waals surface area contributed by atoms with E-state index >= 15 is 0 Å². The molecule has 0 spiro atoms. The van der Waals surface area contributed by atoms with E-state index in [9.17, 15) is 22.8 Å². The Kier molecular flexibility index (Phi) is 8.31. The van der Waals surface area contributed by atoms with E-state index in [1.807, 2.05) is 6.92 Å². The molecule has 4 aromatic rings. The Labute approximate surface area is 239 Å². The summed E-state index contributed by atoms with van der Waals surface area (Å²) in [6.07, 6.45) is 3.88. The van der Waals surface area contributed by atoms with Crippen molar-refractivity contribution in [3.05, 3.63) is 95.5 Å². The van der Waals surface area contributed by atoms with Crippen LogP contribution in [0.1, 0.15) is 45.6 Å². The molecule has 0 unspecified atom stereocenters. The number of aromatic nitrogens is 4. The van der Waals surface area contributed by atoms with Gasteiger partial charge in [-0.3, -0.25) is 9.59 Å². The Bertz CT molecular complexity index is 1650. The van der Waals surface area contributed by atoms with Crippen molar-refractivity contribution in [3.63, 3.8) is 0 Å². The van der Waals surface area contributed by atoms with E-state index < -0.39 is 17.6 Å². The van der Waals surface area contributed by atoms with Gasteiger partial charge < -0.3 is 19.9 Å². The van der Waals surface area contributed by atoms with Crippen LogP contribution in [0.15, 0.2) is 67.5 Å². The molecule has 214 valence electrons. The lowest BCUT2D eigenvalue weighted by Crippen LogP contribution is -2.28. The van der Waals surface area contributed by atoms with Gasteiger partial charge in [0, 0.05) is 54.0 Å². The molecule has 2 aromatic heterocycles. The number of ether oxygens (including phenoxy) is 1. The van der Waals surface area contributed by atoms with E-state index in [1.54, 1.807) is 18.2 Å². The van der Waals surface area contributed by atoms with Gasteiger partial charge in [0.25, 0.3) is 5.91 Å². The number of carbonyl (C=O) groups is 2. The molecule has 1 fully saturated rings. The topological polar surface area (TPSA) is 111 Å². The third-order valence-electron chi connectivity index (χ3n) is 6.63. The first-order valence-corrected chi connectivity index (χ1v) is 13.0. The van der Waals surface area contributed by atoms with Gasteiger partial charge in [0.1, 0.15) is 5.69 Å². The minimum absolute atomic E-state index is 0.0222. The lowest BCUT2D eigenvalue weighted by Gasteiger charge is -2.20. The number of rotatable bonds is 5. The number of imidazole rings is 1. The van der Waals surface area contributed by atoms with E-state index in [4.69, 9.17) is 4.74 Å². The first-order chi connectivity index (χ1) is 20.2. The number of nitrogens with one attached hydrogen (secondary N) is 2. The molecule has 1 saturated heterocycles. The van der Waals surface area contributed by atoms with E-state index in [1.165, 1.54) is 41.7 Å². The number of alkyl halides is 3. The lowest BCUT2D eigenvalue weighted by molar-refractivity contribution is -0.137. The van der Waals surface area contributed by atoms with E-state index in [0.717, 1.165) is 17.7 Å². The second-order valence-corrected chi connectivity index (χ2v) is 9.63. The molecule has 42 heavy (non-hydrogen) atoms. The van der Waals surface area contributed by atoms with Crippen molar-refractivity contribution in [2.45, 2.75) is 25.9 Å². The van der Waals surface area contributed by atoms with Gasteiger partial charge in [-0.1, -0.05) is 12.0 Å². The number of nitrogens with zero attached hydrogens (tertiary/aromatic N) is 4. The summed E-state index contributed by atoms with van der Waals surface area (Å²) < 4.78 is 47.3. The zero-order valence-corrected chi connectivity index (χ0v) is 22.4. The molecule has 3 heterocycles. The average Bonchev–Trinajstić information content (AvgIpc) is 3.53. The first kappa shape index (κ1) is 28.5. The Morgan fingerprint density at radius 3 is 2.52 bits per heavy atom. The third kappa shape index (κ3) is 7.00. The smallest absolute Gasteiger partial charge is 0.381 e. The average molecular weight is 575 g/mol. The Morgan fingerprint density at radius 2 is 1.83 bits per heavy atom. The van der Waals surface area contributed by atoms with Crippen LogP contribution in [0.5, 0.6) is 0 Å². The van der Waals surface area contributed by atoms with Crippen LogP contribution in [0, 0.1) is 24.7 Å². The van der Waals surface area contributed by atoms with Gasteiger partial charge in [-0.15, -0.1) is 0 Å². The molecule has 0 atom stereocenters. The number of anilines is 2. The monoisotopic (exact) mass is 574 g/mol. The van der Waals surface area contributed by atoms with Gasteiger partial charge in [-0.05, 0) is 61.6 Å². The van der Waals surface area contributed by atoms with Crippen LogP contribution in [0.3, 0.4) is 0 Å². The van der Waals surface area contributed by atoms with E-state index in [0.29, 0.717) is 43.1 Å². The predicted octanol–water partition coefficient (Wildman–Crippen LogP) is 5.01. The number of hydrogen-bond acceptors (Lipinski definition) is 6. The second kappa shape index (κ2) is 12.2. The van der Waals surface area contributed by atoms with Crippen LogP contribution in [0.25, 0.3) is 5.69 Å². The zero-order chi connectivity index (χ0) is 29.7. The predicted molar refractivity (Wildman–Crippen MR) is 148 cm³/mol. The number of carbonyl (C=O) groups excluding carboxylic acids is 2. The summed E-state index contributed by atoms with van der Waals surface area (Å²) in [5.74, 6) is 5.32. The lowest BCUT2D eigenvalue weighted by atomic mass is 9.99. The summed E-state index contributed by atoms with van der Waals surface area (Å²) in [5.41, 5.74) is 1.15. The molecule has 2 amide bonds. The fourth-order valence-electron chi connectivity index (χ4n) is 4.29. The third-order valence-corrected chi connectivity index (χ3v) is 6.63. The van der Waals surface area contributed by atoms with E-state index in [2.05, 4.69) is 37.4 Å². The van der Waals surface area contributed by atoms with Gasteiger partial charge in [-0.25, -0.2) is 15.0 Å². The SMILES string of the molecule is Cc1ccc(C(=O)Nc2cc(-n3ccnc3)cc(C(F)(F)F)c2)cc1C#Cc1cnc(NC(=O)C2CCOCC2)cn1. The first-order valence-electron chi connectivity index (χ1n) is 13.0. The summed E-state index contributed by atoms with van der Waals surface area (Å²) >= 11 is 0. The van der Waals surface area contributed by atoms with Gasteiger partial charge >= 0.3 is 6.18 Å². The second-order valence-electron chi connectivity index (χ2n) is 9.63. The van der Waals surface area contributed by atoms with Crippen molar-refractivity contribution in [1.29, 1.82) is 0 Å². The number of amides is 2. The Hall–Kier alpha value is -5.02. The summed E-state index contributed by atoms with van der Waals surface area (Å²) in [7, 11) is 0. The summed E-state index contributed by atoms with van der Waals surface area (Å²) in [6.45, 7) is 2.93. The normalized spacial score (nSPS) is 13.6. The largest absolute Gasteiger partial charge is 0.416 e. The molecule has 0 radical (unpaired) electrons. The molecule has 1 aliphatic heterocycles. The Balaban J connectivity index is 1.30. The number of hydrogen-bond donors (Lipinski definition) is 2. The molecule has 2 aromatic carbocycles. The highest BCUT2D eigenvalue weighted by molar-refractivity contribution is 6.04.